The second kappa shape index (κ2) is 8.24. The minimum Gasteiger partial charge on any atom is -0.353 e. The number of carbonyl (C=O) groups is 1. The summed E-state index contributed by atoms with van der Waals surface area (Å²) < 4.78 is 13.2. The molecule has 0 spiro atoms. The molecule has 1 aromatic heterocycles. The maximum atomic E-state index is 13.2. The number of nitrogens with zero attached hydrogens (tertiary/aromatic N) is 5. The molecule has 1 aliphatic rings. The highest BCUT2D eigenvalue weighted by Crippen LogP contribution is 2.24. The van der Waals surface area contributed by atoms with Crippen molar-refractivity contribution in [2.75, 3.05) is 31.1 Å². The van der Waals surface area contributed by atoms with Crippen LogP contribution < -0.4 is 4.90 Å². The fourth-order valence-corrected chi connectivity index (χ4v) is 3.42. The molecule has 0 saturated carbocycles. The van der Waals surface area contributed by atoms with Crippen LogP contribution in [0.2, 0.25) is 0 Å². The van der Waals surface area contributed by atoms with Gasteiger partial charge in [0.15, 0.2) is 0 Å². The fraction of sp³-hybridized carbons (Fsp3) is 0.190. The number of rotatable bonds is 4. The van der Waals surface area contributed by atoms with Crippen LogP contribution in [0.5, 0.6) is 0 Å². The first-order valence-electron chi connectivity index (χ1n) is 9.38. The number of anilines is 1. The third-order valence-corrected chi connectivity index (χ3v) is 5.01. The molecule has 0 aliphatic carbocycles. The van der Waals surface area contributed by atoms with E-state index in [2.05, 4.69) is 9.97 Å². The van der Waals surface area contributed by atoms with Crippen LogP contribution in [-0.4, -0.2) is 51.9 Å². The van der Waals surface area contributed by atoms with E-state index in [1.165, 1.54) is 30.6 Å². The van der Waals surface area contributed by atoms with E-state index in [0.29, 0.717) is 37.7 Å². The predicted octanol–water partition coefficient (Wildman–Crippen LogP) is 3.15. The van der Waals surface area contributed by atoms with Gasteiger partial charge in [0, 0.05) is 43.9 Å². The van der Waals surface area contributed by atoms with Crippen LogP contribution in [0.3, 0.4) is 0 Å². The Balaban J connectivity index is 1.46. The van der Waals surface area contributed by atoms with Crippen molar-refractivity contribution in [1.82, 2.24) is 14.9 Å². The lowest BCUT2D eigenvalue weighted by Crippen LogP contribution is -2.49. The number of hydrogen-bond donors (Lipinski definition) is 0. The molecule has 0 atom stereocenters. The van der Waals surface area contributed by atoms with Crippen molar-refractivity contribution in [2.24, 2.45) is 0 Å². The highest BCUT2D eigenvalue weighted by molar-refractivity contribution is 5.98. The zero-order valence-electron chi connectivity index (χ0n) is 15.9. The maximum absolute atomic E-state index is 13.2. The van der Waals surface area contributed by atoms with Crippen molar-refractivity contribution in [3.8, 4) is 11.3 Å². The Kier molecular flexibility index (Phi) is 5.34. The minimum absolute atomic E-state index is 0.0941. The zero-order chi connectivity index (χ0) is 21.1. The summed E-state index contributed by atoms with van der Waals surface area (Å²) in [5, 5.41) is 11.2. The largest absolute Gasteiger partial charge is 0.353 e. The second-order valence-corrected chi connectivity index (χ2v) is 6.82. The van der Waals surface area contributed by atoms with Crippen LogP contribution in [0, 0.1) is 15.9 Å². The normalized spacial score (nSPS) is 13.9. The SMILES string of the molecule is O=C(c1ccccc1[N+](=O)[O-])N1CCN(c2cc(-c3ccc(F)cc3)ncn2)CC1. The Hall–Kier alpha value is -3.88. The van der Waals surface area contributed by atoms with E-state index in [0.717, 1.165) is 5.56 Å². The molecule has 1 aliphatic heterocycles. The van der Waals surface area contributed by atoms with Crippen molar-refractivity contribution in [3.05, 3.63) is 82.4 Å². The van der Waals surface area contributed by atoms with Crippen LogP contribution in [0.4, 0.5) is 15.9 Å². The first-order valence-corrected chi connectivity index (χ1v) is 9.38. The van der Waals surface area contributed by atoms with Crippen molar-refractivity contribution in [2.45, 2.75) is 0 Å². The van der Waals surface area contributed by atoms with Gasteiger partial charge in [-0.2, -0.15) is 0 Å². The molecule has 0 bridgehead atoms. The molecular weight excluding hydrogens is 389 g/mol. The Morgan fingerprint density at radius 2 is 1.70 bits per heavy atom. The smallest absolute Gasteiger partial charge is 0.282 e. The second-order valence-electron chi connectivity index (χ2n) is 6.82. The van der Waals surface area contributed by atoms with Crippen molar-refractivity contribution < 1.29 is 14.1 Å². The van der Waals surface area contributed by atoms with Crippen LogP contribution in [0.25, 0.3) is 11.3 Å². The number of piperazine rings is 1. The van der Waals surface area contributed by atoms with Gasteiger partial charge in [-0.1, -0.05) is 12.1 Å². The Morgan fingerprint density at radius 1 is 1.00 bits per heavy atom. The molecule has 1 fully saturated rings. The van der Waals surface area contributed by atoms with E-state index in [1.807, 2.05) is 11.0 Å². The van der Waals surface area contributed by atoms with Crippen LogP contribution >= 0.6 is 0 Å². The van der Waals surface area contributed by atoms with Gasteiger partial charge in [0.2, 0.25) is 0 Å². The van der Waals surface area contributed by atoms with Gasteiger partial charge in [0.1, 0.15) is 23.5 Å². The molecule has 8 nitrogen and oxygen atoms in total. The van der Waals surface area contributed by atoms with Gasteiger partial charge in [-0.25, -0.2) is 14.4 Å². The van der Waals surface area contributed by atoms with Crippen molar-refractivity contribution >= 4 is 17.4 Å². The van der Waals surface area contributed by atoms with E-state index in [-0.39, 0.29) is 23.0 Å². The fourth-order valence-electron chi connectivity index (χ4n) is 3.42. The van der Waals surface area contributed by atoms with E-state index < -0.39 is 4.92 Å². The monoisotopic (exact) mass is 407 g/mol. The summed E-state index contributed by atoms with van der Waals surface area (Å²) in [7, 11) is 0. The molecule has 1 amide bonds. The topological polar surface area (TPSA) is 92.5 Å². The quantitative estimate of drug-likeness (QED) is 0.487. The van der Waals surface area contributed by atoms with Gasteiger partial charge in [-0.15, -0.1) is 0 Å². The lowest BCUT2D eigenvalue weighted by molar-refractivity contribution is -0.385. The predicted molar refractivity (Wildman–Crippen MR) is 109 cm³/mol. The van der Waals surface area contributed by atoms with E-state index >= 15 is 0 Å². The lowest BCUT2D eigenvalue weighted by atomic mass is 10.1. The van der Waals surface area contributed by atoms with E-state index in [4.69, 9.17) is 0 Å². The Labute approximate surface area is 171 Å². The summed E-state index contributed by atoms with van der Waals surface area (Å²) in [4.78, 5) is 35.7. The summed E-state index contributed by atoms with van der Waals surface area (Å²) in [6.45, 7) is 1.90. The molecule has 0 unspecified atom stereocenters. The standard InChI is InChI=1S/C21H18FN5O3/c22-16-7-5-15(6-8-16)18-13-20(24-14-23-18)25-9-11-26(12-10-25)21(28)17-3-1-2-4-19(17)27(29)30/h1-8,13-14H,9-12H2. The zero-order valence-corrected chi connectivity index (χ0v) is 15.9. The molecule has 4 rings (SSSR count). The third kappa shape index (κ3) is 3.95. The van der Waals surface area contributed by atoms with Gasteiger partial charge in [-0.3, -0.25) is 14.9 Å². The van der Waals surface area contributed by atoms with Crippen molar-refractivity contribution in [1.29, 1.82) is 0 Å². The molecule has 0 N–H and O–H groups in total. The van der Waals surface area contributed by atoms with Crippen LogP contribution in [-0.2, 0) is 0 Å². The highest BCUT2D eigenvalue weighted by atomic mass is 19.1. The van der Waals surface area contributed by atoms with Gasteiger partial charge < -0.3 is 9.80 Å². The molecule has 3 aromatic rings. The number of amides is 1. The maximum Gasteiger partial charge on any atom is 0.282 e. The molecule has 1 saturated heterocycles. The molecular formula is C21H18FN5O3. The molecule has 2 aromatic carbocycles. The lowest BCUT2D eigenvalue weighted by Gasteiger charge is -2.35. The van der Waals surface area contributed by atoms with Crippen molar-refractivity contribution in [3.63, 3.8) is 0 Å². The minimum atomic E-state index is -0.540. The Bertz CT molecular complexity index is 1080. The third-order valence-electron chi connectivity index (χ3n) is 5.01. The van der Waals surface area contributed by atoms with Gasteiger partial charge in [0.25, 0.3) is 11.6 Å². The van der Waals surface area contributed by atoms with Crippen LogP contribution in [0.15, 0.2) is 60.9 Å². The average Bonchev–Trinajstić information content (AvgIpc) is 2.79. The van der Waals surface area contributed by atoms with Gasteiger partial charge in [0.05, 0.1) is 10.6 Å². The number of carbonyl (C=O) groups excluding carboxylic acids is 1. The molecule has 2 heterocycles. The highest BCUT2D eigenvalue weighted by Gasteiger charge is 2.27. The number of nitro benzene ring substituents is 1. The average molecular weight is 407 g/mol. The number of hydrogen-bond acceptors (Lipinski definition) is 6. The number of nitro groups is 1. The van der Waals surface area contributed by atoms with Gasteiger partial charge in [-0.05, 0) is 30.3 Å². The summed E-state index contributed by atoms with van der Waals surface area (Å²) >= 11 is 0. The molecule has 0 radical (unpaired) electrons. The summed E-state index contributed by atoms with van der Waals surface area (Å²) in [6.07, 6.45) is 1.46. The summed E-state index contributed by atoms with van der Waals surface area (Å²) in [5.74, 6) is 0.0474. The first-order chi connectivity index (χ1) is 14.5. The van der Waals surface area contributed by atoms with Crippen LogP contribution in [0.1, 0.15) is 10.4 Å². The van der Waals surface area contributed by atoms with E-state index in [1.54, 1.807) is 29.2 Å². The number of benzene rings is 2. The number of aromatic nitrogens is 2. The summed E-state index contributed by atoms with van der Waals surface area (Å²) in [5.41, 5.74) is 1.37. The number of para-hydroxylation sites is 1. The summed E-state index contributed by atoms with van der Waals surface area (Å²) in [6, 6.07) is 13.9. The molecule has 9 heteroatoms. The molecule has 30 heavy (non-hydrogen) atoms. The first kappa shape index (κ1) is 19.4. The Morgan fingerprint density at radius 3 is 2.40 bits per heavy atom. The number of halogens is 1. The molecule has 152 valence electrons. The van der Waals surface area contributed by atoms with E-state index in [9.17, 15) is 19.3 Å². The van der Waals surface area contributed by atoms with Gasteiger partial charge >= 0.3 is 0 Å².